The van der Waals surface area contributed by atoms with Gasteiger partial charge in [-0.1, -0.05) is 147 Å². The van der Waals surface area contributed by atoms with E-state index in [0.29, 0.717) is 36.7 Å². The molecule has 1 unspecified atom stereocenters. The maximum atomic E-state index is 13.0. The Bertz CT molecular complexity index is 1190. The molecule has 57 heavy (non-hydrogen) atoms. The molecule has 1 aliphatic rings. The minimum Gasteiger partial charge on any atom is -0.392 e. The summed E-state index contributed by atoms with van der Waals surface area (Å²) in [7, 11) is 1.41. The van der Waals surface area contributed by atoms with Crippen LogP contribution in [-0.4, -0.2) is 102 Å². The molecule has 0 aromatic rings. The summed E-state index contributed by atoms with van der Waals surface area (Å²) in [6, 6.07) is -0.949. The molecule has 7 atom stereocenters. The van der Waals surface area contributed by atoms with E-state index in [-0.39, 0.29) is 37.1 Å². The SMILES string of the molecule is CCCCCCCCCCCCCCC/C=C/[C@@H](O)[C@H](COP(=O)(O)OCC[N+](C)(C)C)NC(=O)CCC/C=C\C[C@H]1[C@@H](O)CC(=O)[C@@H]1/C=C/[C@@H](O)CCCCC. The molecular weight excluding hydrogens is 743 g/mol. The number of phosphoric ester groups is 1. The Hall–Kier alpha value is -1.69. The highest BCUT2D eigenvalue weighted by atomic mass is 31.2. The minimum atomic E-state index is -4.41. The van der Waals surface area contributed by atoms with Crippen molar-refractivity contribution in [3.05, 3.63) is 36.5 Å². The molecule has 0 aliphatic heterocycles. The van der Waals surface area contributed by atoms with E-state index in [1.54, 1.807) is 18.2 Å². The van der Waals surface area contributed by atoms with Gasteiger partial charge in [-0.25, -0.2) is 4.57 Å². The lowest BCUT2D eigenvalue weighted by Gasteiger charge is -2.25. The monoisotopic (exact) mass is 828 g/mol. The van der Waals surface area contributed by atoms with Crippen LogP contribution >= 0.6 is 7.82 Å². The van der Waals surface area contributed by atoms with Crippen LogP contribution in [0.15, 0.2) is 36.5 Å². The van der Waals surface area contributed by atoms with Crippen molar-refractivity contribution < 1.29 is 47.9 Å². The van der Waals surface area contributed by atoms with Gasteiger partial charge in [0.2, 0.25) is 5.91 Å². The van der Waals surface area contributed by atoms with Gasteiger partial charge in [0.1, 0.15) is 18.9 Å². The number of phosphoric acid groups is 1. The Balaban J connectivity index is 2.58. The first kappa shape index (κ1) is 53.3. The fourth-order valence-corrected chi connectivity index (χ4v) is 7.76. The summed E-state index contributed by atoms with van der Waals surface area (Å²) >= 11 is 0. The Morgan fingerprint density at radius 2 is 1.40 bits per heavy atom. The van der Waals surface area contributed by atoms with Gasteiger partial charge in [-0.05, 0) is 38.5 Å². The van der Waals surface area contributed by atoms with Gasteiger partial charge in [-0.3, -0.25) is 18.6 Å². The Kier molecular flexibility index (Phi) is 30.1. The molecule has 12 heteroatoms. The number of unbranched alkanes of at least 4 members (excludes halogenated alkanes) is 16. The number of aliphatic hydroxyl groups excluding tert-OH is 3. The quantitative estimate of drug-likeness (QED) is 0.0180. The summed E-state index contributed by atoms with van der Waals surface area (Å²) in [5.41, 5.74) is 0. The number of allylic oxidation sites excluding steroid dienone is 4. The average Bonchev–Trinajstić information content (AvgIpc) is 3.42. The standard InChI is InChI=1S/C45H83N2O9P/c1-6-8-10-11-12-13-14-15-16-17-18-19-20-21-26-30-42(49)41(37-56-57(53,54)55-35-34-47(3,4)5)46-45(52)31-27-23-22-25-29-39-40(44(51)36-43(39)50)33-32-38(48)28-24-9-7-2/h22,25-26,30,32-33,38-43,48-50H,6-21,23-24,27-29,31,34-37H2,1-5H3,(H-,46,52,53,54)/p+1/b25-22-,30-26+,33-32+/t38-,39+,40+,41-,42+,43-/m0/s1. The van der Waals surface area contributed by atoms with Gasteiger partial charge in [0.05, 0.1) is 52.1 Å². The number of amides is 1. The lowest BCUT2D eigenvalue weighted by atomic mass is 9.90. The van der Waals surface area contributed by atoms with Gasteiger partial charge in [-0.15, -0.1) is 0 Å². The zero-order valence-electron chi connectivity index (χ0n) is 36.5. The number of hydrogen-bond donors (Lipinski definition) is 5. The average molecular weight is 828 g/mol. The molecular formula is C45H84N2O9P+. The molecule has 1 fully saturated rings. The van der Waals surface area contributed by atoms with Crippen molar-refractivity contribution in [3.8, 4) is 0 Å². The number of aliphatic hydroxyl groups is 3. The molecule has 0 bridgehead atoms. The maximum absolute atomic E-state index is 13.0. The molecule has 0 heterocycles. The molecule has 0 spiro atoms. The molecule has 0 aromatic heterocycles. The predicted molar refractivity (Wildman–Crippen MR) is 232 cm³/mol. The number of nitrogens with one attached hydrogen (secondary N) is 1. The summed E-state index contributed by atoms with van der Waals surface area (Å²) in [6.07, 6.45) is 31.4. The Morgan fingerprint density at radius 1 is 0.825 bits per heavy atom. The van der Waals surface area contributed by atoms with Crippen LogP contribution in [0.3, 0.4) is 0 Å². The zero-order valence-corrected chi connectivity index (χ0v) is 37.4. The van der Waals surface area contributed by atoms with E-state index in [0.717, 1.165) is 38.5 Å². The molecule has 1 rings (SSSR count). The summed E-state index contributed by atoms with van der Waals surface area (Å²) < 4.78 is 23.5. The number of ketones is 1. The first-order valence-corrected chi connectivity index (χ1v) is 24.0. The van der Waals surface area contributed by atoms with Crippen LogP contribution in [0.5, 0.6) is 0 Å². The van der Waals surface area contributed by atoms with Crippen molar-refractivity contribution in [2.24, 2.45) is 11.8 Å². The highest BCUT2D eigenvalue weighted by Gasteiger charge is 2.39. The van der Waals surface area contributed by atoms with Gasteiger partial charge >= 0.3 is 7.82 Å². The normalized spacial score (nSPS) is 20.5. The van der Waals surface area contributed by atoms with E-state index in [4.69, 9.17) is 9.05 Å². The van der Waals surface area contributed by atoms with Crippen LogP contribution in [0.25, 0.3) is 0 Å². The maximum Gasteiger partial charge on any atom is 0.472 e. The number of nitrogens with zero attached hydrogens (tertiary/aromatic N) is 1. The highest BCUT2D eigenvalue weighted by Crippen LogP contribution is 2.43. The van der Waals surface area contributed by atoms with Crippen molar-refractivity contribution in [1.82, 2.24) is 5.32 Å². The molecule has 0 aromatic carbocycles. The third kappa shape index (κ3) is 28.4. The van der Waals surface area contributed by atoms with Crippen LogP contribution in [0.2, 0.25) is 0 Å². The number of carbonyl (C=O) groups excluding carboxylic acids is 2. The summed E-state index contributed by atoms with van der Waals surface area (Å²) in [6.45, 7) is 4.46. The van der Waals surface area contributed by atoms with E-state index in [1.807, 2.05) is 39.4 Å². The third-order valence-electron chi connectivity index (χ3n) is 10.7. The summed E-state index contributed by atoms with van der Waals surface area (Å²) in [5, 5.41) is 34.6. The van der Waals surface area contributed by atoms with E-state index >= 15 is 0 Å². The van der Waals surface area contributed by atoms with Crippen LogP contribution in [0.4, 0.5) is 0 Å². The first-order chi connectivity index (χ1) is 27.2. The number of Topliss-reactive ketones (excluding diaryl/α,β-unsaturated/α-hetero) is 1. The van der Waals surface area contributed by atoms with Crippen LogP contribution < -0.4 is 5.32 Å². The Labute approximate surface area is 347 Å². The molecule has 1 aliphatic carbocycles. The predicted octanol–water partition coefficient (Wildman–Crippen LogP) is 8.89. The van der Waals surface area contributed by atoms with Crippen LogP contribution in [0.1, 0.15) is 162 Å². The molecule has 332 valence electrons. The number of carbonyl (C=O) groups is 2. The second-order valence-corrected chi connectivity index (χ2v) is 18.7. The number of hydrogen-bond acceptors (Lipinski definition) is 8. The first-order valence-electron chi connectivity index (χ1n) is 22.5. The van der Waals surface area contributed by atoms with Crippen molar-refractivity contribution >= 4 is 19.5 Å². The summed E-state index contributed by atoms with van der Waals surface area (Å²) in [4.78, 5) is 35.8. The topological polar surface area (TPSA) is 163 Å². The molecule has 0 radical (unpaired) electrons. The van der Waals surface area contributed by atoms with Crippen molar-refractivity contribution in [2.45, 2.75) is 186 Å². The lowest BCUT2D eigenvalue weighted by molar-refractivity contribution is -0.870. The van der Waals surface area contributed by atoms with Gasteiger partial charge in [0, 0.05) is 24.7 Å². The number of rotatable bonds is 36. The number of likely N-dealkylation sites (N-methyl/N-ethyl adjacent to an activating group) is 1. The smallest absolute Gasteiger partial charge is 0.392 e. The largest absolute Gasteiger partial charge is 0.472 e. The Morgan fingerprint density at radius 3 is 2.02 bits per heavy atom. The van der Waals surface area contributed by atoms with Crippen LogP contribution in [-0.2, 0) is 23.2 Å². The molecule has 11 nitrogen and oxygen atoms in total. The fourth-order valence-electron chi connectivity index (χ4n) is 7.02. The van der Waals surface area contributed by atoms with E-state index in [1.165, 1.54) is 70.6 Å². The van der Waals surface area contributed by atoms with E-state index in [2.05, 4.69) is 19.2 Å². The molecule has 0 saturated heterocycles. The second kappa shape index (κ2) is 32.1. The number of quaternary nitrogens is 1. The van der Waals surface area contributed by atoms with E-state index < -0.39 is 44.7 Å². The van der Waals surface area contributed by atoms with Gasteiger partial charge in [0.15, 0.2) is 0 Å². The van der Waals surface area contributed by atoms with Gasteiger partial charge in [-0.2, -0.15) is 0 Å². The van der Waals surface area contributed by atoms with Crippen molar-refractivity contribution in [2.75, 3.05) is 40.9 Å². The van der Waals surface area contributed by atoms with E-state index in [9.17, 15) is 34.4 Å². The fraction of sp³-hybridized carbons (Fsp3) is 0.822. The zero-order chi connectivity index (χ0) is 42.4. The van der Waals surface area contributed by atoms with Gasteiger partial charge < -0.3 is 30.0 Å². The molecule has 1 saturated carbocycles. The minimum absolute atomic E-state index is 0.0129. The summed E-state index contributed by atoms with van der Waals surface area (Å²) in [5.74, 6) is -1.02. The van der Waals surface area contributed by atoms with Gasteiger partial charge in [0.25, 0.3) is 0 Å². The highest BCUT2D eigenvalue weighted by molar-refractivity contribution is 7.47. The van der Waals surface area contributed by atoms with Crippen molar-refractivity contribution in [3.63, 3.8) is 0 Å². The van der Waals surface area contributed by atoms with Crippen molar-refractivity contribution in [1.29, 1.82) is 0 Å². The third-order valence-corrected chi connectivity index (χ3v) is 11.7. The molecule has 5 N–H and O–H groups in total. The molecule has 1 amide bonds. The lowest BCUT2D eigenvalue weighted by Crippen LogP contribution is -2.45. The second-order valence-electron chi connectivity index (χ2n) is 17.2. The van der Waals surface area contributed by atoms with Crippen LogP contribution in [0, 0.1) is 11.8 Å².